The molecule has 1 aromatic heterocycles. The van der Waals surface area contributed by atoms with Crippen LogP contribution in [0, 0.1) is 0 Å². The molecule has 0 bridgehead atoms. The highest BCUT2D eigenvalue weighted by molar-refractivity contribution is 7.18. The van der Waals surface area contributed by atoms with Gasteiger partial charge in [0.05, 0.1) is 16.6 Å². The number of amides is 1. The van der Waals surface area contributed by atoms with Gasteiger partial charge < -0.3 is 5.32 Å². The summed E-state index contributed by atoms with van der Waals surface area (Å²) in [5.74, 6) is -0.0764. The number of allylic oxidation sites excluding steroid dienone is 8. The fourth-order valence-corrected chi connectivity index (χ4v) is 4.96. The van der Waals surface area contributed by atoms with E-state index in [9.17, 15) is 4.79 Å². The first-order chi connectivity index (χ1) is 16.1. The van der Waals surface area contributed by atoms with Crippen molar-refractivity contribution in [2.24, 2.45) is 0 Å². The van der Waals surface area contributed by atoms with Crippen LogP contribution >= 0.6 is 11.3 Å². The molecule has 0 aliphatic heterocycles. The van der Waals surface area contributed by atoms with Gasteiger partial charge in [0.2, 0.25) is 5.91 Å². The Labute approximate surface area is 202 Å². The Morgan fingerprint density at radius 2 is 1.94 bits per heavy atom. The molecule has 33 heavy (non-hydrogen) atoms. The lowest BCUT2D eigenvalue weighted by Crippen LogP contribution is -2.24. The van der Waals surface area contributed by atoms with Crippen LogP contribution in [0.2, 0.25) is 0 Å². The van der Waals surface area contributed by atoms with E-state index < -0.39 is 0 Å². The van der Waals surface area contributed by atoms with Crippen LogP contribution in [-0.2, 0) is 11.2 Å². The van der Waals surface area contributed by atoms with Gasteiger partial charge in [0.25, 0.3) is 0 Å². The molecule has 0 saturated heterocycles. The summed E-state index contributed by atoms with van der Waals surface area (Å²) in [6, 6.07) is 6.33. The number of fused-ring (bicyclic) bond motifs is 1. The Morgan fingerprint density at radius 1 is 1.09 bits per heavy atom. The number of rotatable bonds is 13. The summed E-state index contributed by atoms with van der Waals surface area (Å²) in [7, 11) is 0. The van der Waals surface area contributed by atoms with E-state index in [2.05, 4.69) is 60.4 Å². The zero-order valence-electron chi connectivity index (χ0n) is 19.4. The summed E-state index contributed by atoms with van der Waals surface area (Å²) in [5.41, 5.74) is 5.18. The normalized spacial score (nSPS) is 13.9. The third-order valence-corrected chi connectivity index (χ3v) is 6.77. The molecule has 0 fully saturated rings. The molecule has 4 heteroatoms. The number of benzene rings is 1. The number of nitrogens with zero attached hydrogens (tertiary/aromatic N) is 1. The van der Waals surface area contributed by atoms with Crippen molar-refractivity contribution in [3.8, 4) is 0 Å². The lowest BCUT2D eigenvalue weighted by Gasteiger charge is -2.11. The van der Waals surface area contributed by atoms with Gasteiger partial charge in [0.15, 0.2) is 0 Å². The topological polar surface area (TPSA) is 42.0 Å². The van der Waals surface area contributed by atoms with Crippen molar-refractivity contribution in [1.29, 1.82) is 0 Å². The van der Waals surface area contributed by atoms with Crippen LogP contribution in [0.4, 0.5) is 0 Å². The Kier molecular flexibility index (Phi) is 9.64. The van der Waals surface area contributed by atoms with Gasteiger partial charge in [0, 0.05) is 5.70 Å². The summed E-state index contributed by atoms with van der Waals surface area (Å²) in [5, 5.41) is 3.84. The number of hydrogen-bond acceptors (Lipinski definition) is 3. The molecule has 1 heterocycles. The van der Waals surface area contributed by atoms with Crippen LogP contribution < -0.4 is 5.32 Å². The van der Waals surface area contributed by atoms with Crippen molar-refractivity contribution in [2.75, 3.05) is 0 Å². The Bertz CT molecular complexity index is 1100. The van der Waals surface area contributed by atoms with Gasteiger partial charge in [-0.15, -0.1) is 17.9 Å². The van der Waals surface area contributed by atoms with Gasteiger partial charge in [-0.3, -0.25) is 4.79 Å². The third kappa shape index (κ3) is 7.26. The maximum Gasteiger partial charge on any atom is 0.231 e. The minimum atomic E-state index is -0.0764. The molecule has 0 atom stereocenters. The molecule has 0 spiro atoms. The van der Waals surface area contributed by atoms with Gasteiger partial charge in [-0.2, -0.15) is 0 Å². The van der Waals surface area contributed by atoms with Crippen molar-refractivity contribution in [3.63, 3.8) is 0 Å². The predicted molar refractivity (Wildman–Crippen MR) is 143 cm³/mol. The standard InChI is InChI=1S/C29H34N2OS/c1-4-7-8-9-10-12-15-22(5-2)25(6-3)30-28(32)21-29-31-26-19-18-24(20-27(26)33-29)23-16-13-11-14-17-23/h4-6,13,16-20H,1-3,7-12,14-15,21H2,(H,30,32)/b25-22-. The first-order valence-corrected chi connectivity index (χ1v) is 12.6. The molecule has 172 valence electrons. The Hall–Kier alpha value is -2.98. The van der Waals surface area contributed by atoms with Crippen LogP contribution in [0.5, 0.6) is 0 Å². The number of unbranched alkanes of at least 4 members (excludes halogenated alkanes) is 4. The highest BCUT2D eigenvalue weighted by Crippen LogP contribution is 2.28. The first-order valence-electron chi connectivity index (χ1n) is 11.8. The van der Waals surface area contributed by atoms with Gasteiger partial charge in [0.1, 0.15) is 5.01 Å². The molecule has 0 radical (unpaired) electrons. The van der Waals surface area contributed by atoms with E-state index in [0.717, 1.165) is 65.0 Å². The molecule has 1 aromatic carbocycles. The van der Waals surface area contributed by atoms with Crippen LogP contribution in [0.1, 0.15) is 61.9 Å². The molecule has 1 N–H and O–H groups in total. The first kappa shape index (κ1) is 24.7. The SMILES string of the molecule is C=CCCCCCC/C(C=C)=C(/C=C)NC(=O)Cc1nc2ccc(C3=CCCC=C3)cc2s1. The maximum atomic E-state index is 12.8. The minimum absolute atomic E-state index is 0.0764. The number of carbonyl (C=O) groups is 1. The number of aromatic nitrogens is 1. The van der Waals surface area contributed by atoms with Gasteiger partial charge in [-0.1, -0.05) is 62.4 Å². The monoisotopic (exact) mass is 458 g/mol. The molecule has 1 aliphatic rings. The molecule has 3 nitrogen and oxygen atoms in total. The van der Waals surface area contributed by atoms with Crippen molar-refractivity contribution in [3.05, 3.63) is 96.2 Å². The Morgan fingerprint density at radius 3 is 2.67 bits per heavy atom. The lowest BCUT2D eigenvalue weighted by molar-refractivity contribution is -0.119. The number of thiazole rings is 1. The summed E-state index contributed by atoms with van der Waals surface area (Å²) < 4.78 is 1.11. The fraction of sp³-hybridized carbons (Fsp3) is 0.310. The lowest BCUT2D eigenvalue weighted by atomic mass is 10.00. The third-order valence-electron chi connectivity index (χ3n) is 5.75. The van der Waals surface area contributed by atoms with Crippen LogP contribution in [-0.4, -0.2) is 10.9 Å². The summed E-state index contributed by atoms with van der Waals surface area (Å²) in [6.45, 7) is 11.6. The van der Waals surface area contributed by atoms with Gasteiger partial charge in [-0.25, -0.2) is 4.98 Å². The number of hydrogen-bond donors (Lipinski definition) is 1. The van der Waals surface area contributed by atoms with E-state index in [1.165, 1.54) is 24.0 Å². The summed E-state index contributed by atoms with van der Waals surface area (Å²) in [6.07, 6.45) is 21.2. The van der Waals surface area contributed by atoms with Crippen molar-refractivity contribution in [2.45, 2.75) is 57.8 Å². The van der Waals surface area contributed by atoms with E-state index in [0.29, 0.717) is 0 Å². The molecule has 1 aliphatic carbocycles. The van der Waals surface area contributed by atoms with E-state index in [1.54, 1.807) is 17.4 Å². The zero-order chi connectivity index (χ0) is 23.5. The average molecular weight is 459 g/mol. The van der Waals surface area contributed by atoms with E-state index in [1.807, 2.05) is 18.2 Å². The minimum Gasteiger partial charge on any atom is -0.325 e. The summed E-state index contributed by atoms with van der Waals surface area (Å²) >= 11 is 1.58. The van der Waals surface area contributed by atoms with Crippen LogP contribution in [0.25, 0.3) is 15.8 Å². The smallest absolute Gasteiger partial charge is 0.231 e. The predicted octanol–water partition coefficient (Wildman–Crippen LogP) is 7.84. The fourth-order valence-electron chi connectivity index (χ4n) is 3.95. The van der Waals surface area contributed by atoms with Gasteiger partial charge in [-0.05, 0) is 73.4 Å². The van der Waals surface area contributed by atoms with Crippen molar-refractivity contribution < 1.29 is 4.79 Å². The van der Waals surface area contributed by atoms with Crippen molar-refractivity contribution >= 4 is 33.0 Å². The molecular weight excluding hydrogens is 424 g/mol. The quantitative estimate of drug-likeness (QED) is 0.189. The van der Waals surface area contributed by atoms with Crippen LogP contribution in [0.3, 0.4) is 0 Å². The zero-order valence-corrected chi connectivity index (χ0v) is 20.3. The number of nitrogens with one attached hydrogen (secondary N) is 1. The largest absolute Gasteiger partial charge is 0.325 e. The second-order valence-electron chi connectivity index (χ2n) is 8.24. The average Bonchev–Trinajstić information content (AvgIpc) is 3.24. The molecule has 0 unspecified atom stereocenters. The molecule has 2 aromatic rings. The van der Waals surface area contributed by atoms with Crippen LogP contribution in [0.15, 0.2) is 85.7 Å². The highest BCUT2D eigenvalue weighted by Gasteiger charge is 2.12. The second kappa shape index (κ2) is 12.9. The maximum absolute atomic E-state index is 12.8. The Balaban J connectivity index is 1.61. The van der Waals surface area contributed by atoms with E-state index >= 15 is 0 Å². The van der Waals surface area contributed by atoms with E-state index in [4.69, 9.17) is 0 Å². The second-order valence-corrected chi connectivity index (χ2v) is 9.36. The van der Waals surface area contributed by atoms with Gasteiger partial charge >= 0.3 is 0 Å². The molecule has 3 rings (SSSR count). The number of carbonyl (C=O) groups excluding carboxylic acids is 1. The molecule has 1 amide bonds. The van der Waals surface area contributed by atoms with E-state index in [-0.39, 0.29) is 12.3 Å². The summed E-state index contributed by atoms with van der Waals surface area (Å²) in [4.78, 5) is 17.4. The molecular formula is C29H34N2OS. The highest BCUT2D eigenvalue weighted by atomic mass is 32.1. The molecule has 0 saturated carbocycles. The van der Waals surface area contributed by atoms with Crippen molar-refractivity contribution in [1.82, 2.24) is 10.3 Å².